The summed E-state index contributed by atoms with van der Waals surface area (Å²) in [5.41, 5.74) is -0.335. The van der Waals surface area contributed by atoms with Gasteiger partial charge in [0.25, 0.3) is 5.91 Å². The summed E-state index contributed by atoms with van der Waals surface area (Å²) in [6.45, 7) is 7.69. The van der Waals surface area contributed by atoms with Gasteiger partial charge in [-0.05, 0) is 87.9 Å². The van der Waals surface area contributed by atoms with Crippen LogP contribution in [0.1, 0.15) is 70.2 Å². The van der Waals surface area contributed by atoms with Crippen molar-refractivity contribution in [1.29, 1.82) is 0 Å². The monoisotopic (exact) mass is 581 g/mol. The quantitative estimate of drug-likeness (QED) is 0.335. The average molecular weight is 583 g/mol. The number of esters is 1. The van der Waals surface area contributed by atoms with Gasteiger partial charge in [-0.15, -0.1) is 0 Å². The third-order valence-electron chi connectivity index (χ3n) is 6.20. The number of amides is 1. The molecular formula is C27H30BrCl2NO4. The van der Waals surface area contributed by atoms with Gasteiger partial charge in [-0.1, -0.05) is 51.3 Å². The summed E-state index contributed by atoms with van der Waals surface area (Å²) in [7, 11) is 0. The molecule has 2 aromatic rings. The molecule has 2 aromatic carbocycles. The summed E-state index contributed by atoms with van der Waals surface area (Å²) in [5.74, 6) is -0.257. The molecule has 0 spiro atoms. The number of rotatable bonds is 6. The number of morpholine rings is 1. The van der Waals surface area contributed by atoms with Crippen molar-refractivity contribution in [2.24, 2.45) is 5.92 Å². The summed E-state index contributed by atoms with van der Waals surface area (Å²) >= 11 is 16.1. The van der Waals surface area contributed by atoms with Crippen molar-refractivity contribution in [1.82, 2.24) is 4.90 Å². The van der Waals surface area contributed by atoms with E-state index < -0.39 is 29.3 Å². The van der Waals surface area contributed by atoms with Gasteiger partial charge in [0.2, 0.25) is 0 Å². The van der Waals surface area contributed by atoms with Crippen molar-refractivity contribution in [3.63, 3.8) is 0 Å². The molecule has 4 rings (SSSR count). The standard InChI is InChI=1S/C27H30BrCl2NO4/c1-26(2,3)34-22(32)14-27(4)25(33)31(15-16-5-6-16)23(17-7-9-20(29)10-8-17)24(35-27)18-11-19(28)13-21(30)12-18/h7-13,16,23-24H,5-6,14-15H2,1-4H3/t23-,24-,27+/m1/s1. The van der Waals surface area contributed by atoms with E-state index in [0.29, 0.717) is 22.5 Å². The van der Waals surface area contributed by atoms with Crippen LogP contribution in [0, 0.1) is 5.92 Å². The lowest BCUT2D eigenvalue weighted by molar-refractivity contribution is -0.205. The van der Waals surface area contributed by atoms with Crippen molar-refractivity contribution in [2.45, 2.75) is 70.3 Å². The first-order valence-electron chi connectivity index (χ1n) is 11.8. The first kappa shape index (κ1) is 26.5. The number of halogens is 3. The first-order valence-corrected chi connectivity index (χ1v) is 13.3. The molecule has 1 saturated carbocycles. The van der Waals surface area contributed by atoms with Crippen molar-refractivity contribution in [2.75, 3.05) is 6.54 Å². The topological polar surface area (TPSA) is 55.8 Å². The Bertz CT molecular complexity index is 1090. The number of carbonyl (C=O) groups excluding carboxylic acids is 2. The summed E-state index contributed by atoms with van der Waals surface area (Å²) in [6.07, 6.45) is 1.41. The molecule has 35 heavy (non-hydrogen) atoms. The van der Waals surface area contributed by atoms with Crippen LogP contribution in [-0.4, -0.2) is 34.5 Å². The van der Waals surface area contributed by atoms with E-state index in [0.717, 1.165) is 28.4 Å². The van der Waals surface area contributed by atoms with E-state index in [1.807, 2.05) is 41.3 Å². The number of nitrogens with zero attached hydrogens (tertiary/aromatic N) is 1. The van der Waals surface area contributed by atoms with Gasteiger partial charge < -0.3 is 14.4 Å². The van der Waals surface area contributed by atoms with E-state index in [-0.39, 0.29) is 12.3 Å². The van der Waals surface area contributed by atoms with E-state index in [2.05, 4.69) is 15.9 Å². The molecule has 188 valence electrons. The third kappa shape index (κ3) is 6.40. The van der Waals surface area contributed by atoms with Crippen molar-refractivity contribution < 1.29 is 19.1 Å². The van der Waals surface area contributed by atoms with Gasteiger partial charge in [0.15, 0.2) is 5.60 Å². The largest absolute Gasteiger partial charge is 0.460 e. The van der Waals surface area contributed by atoms with E-state index in [1.54, 1.807) is 33.8 Å². The van der Waals surface area contributed by atoms with Crippen molar-refractivity contribution >= 4 is 51.0 Å². The van der Waals surface area contributed by atoms with Crippen LogP contribution in [0.25, 0.3) is 0 Å². The Morgan fingerprint density at radius 1 is 1.11 bits per heavy atom. The molecule has 0 aromatic heterocycles. The van der Waals surface area contributed by atoms with Crippen LogP contribution in [0.2, 0.25) is 10.0 Å². The molecule has 1 saturated heterocycles. The van der Waals surface area contributed by atoms with Crippen molar-refractivity contribution in [3.05, 3.63) is 68.1 Å². The summed E-state index contributed by atoms with van der Waals surface area (Å²) in [4.78, 5) is 28.7. The van der Waals surface area contributed by atoms with Crippen LogP contribution in [0.4, 0.5) is 0 Å². The maximum Gasteiger partial charge on any atom is 0.309 e. The Kier molecular flexibility index (Phi) is 7.59. The Morgan fingerprint density at radius 2 is 1.77 bits per heavy atom. The Balaban J connectivity index is 1.80. The molecule has 1 aliphatic carbocycles. The zero-order valence-corrected chi connectivity index (χ0v) is 23.4. The van der Waals surface area contributed by atoms with Crippen LogP contribution in [0.15, 0.2) is 46.9 Å². The lowest BCUT2D eigenvalue weighted by atomic mass is 9.87. The Labute approximate surface area is 225 Å². The maximum atomic E-state index is 14.0. The molecule has 0 N–H and O–H groups in total. The third-order valence-corrected chi connectivity index (χ3v) is 7.13. The van der Waals surface area contributed by atoms with Crippen LogP contribution >= 0.6 is 39.1 Å². The zero-order valence-electron chi connectivity index (χ0n) is 20.3. The molecule has 8 heteroatoms. The van der Waals surface area contributed by atoms with E-state index in [9.17, 15) is 9.59 Å². The number of hydrogen-bond donors (Lipinski definition) is 0. The van der Waals surface area contributed by atoms with Gasteiger partial charge in [-0.2, -0.15) is 0 Å². The van der Waals surface area contributed by atoms with Gasteiger partial charge in [0.05, 0.1) is 12.5 Å². The number of hydrogen-bond acceptors (Lipinski definition) is 4. The smallest absolute Gasteiger partial charge is 0.309 e. The highest BCUT2D eigenvalue weighted by atomic mass is 79.9. The number of benzene rings is 2. The highest BCUT2D eigenvalue weighted by molar-refractivity contribution is 9.10. The van der Waals surface area contributed by atoms with Gasteiger partial charge in [-0.3, -0.25) is 9.59 Å². The summed E-state index contributed by atoms with van der Waals surface area (Å²) < 4.78 is 12.9. The predicted molar refractivity (Wildman–Crippen MR) is 140 cm³/mol. The lowest BCUT2D eigenvalue weighted by Gasteiger charge is -2.49. The molecular weight excluding hydrogens is 553 g/mol. The van der Waals surface area contributed by atoms with E-state index in [4.69, 9.17) is 32.7 Å². The second-order valence-electron chi connectivity index (χ2n) is 10.6. The minimum absolute atomic E-state index is 0.185. The number of ether oxygens (including phenoxy) is 2. The van der Waals surface area contributed by atoms with Crippen LogP contribution in [-0.2, 0) is 19.1 Å². The second kappa shape index (κ2) is 10.0. The molecule has 2 fully saturated rings. The van der Waals surface area contributed by atoms with Gasteiger partial charge in [-0.25, -0.2) is 0 Å². The van der Waals surface area contributed by atoms with Crippen LogP contribution in [0.5, 0.6) is 0 Å². The molecule has 5 nitrogen and oxygen atoms in total. The average Bonchev–Trinajstić information content (AvgIpc) is 3.54. The summed E-state index contributed by atoms with van der Waals surface area (Å²) in [5, 5.41) is 1.16. The normalized spacial score (nSPS) is 25.0. The minimum Gasteiger partial charge on any atom is -0.460 e. The number of carbonyl (C=O) groups is 2. The molecule has 1 aliphatic heterocycles. The molecule has 2 aliphatic rings. The second-order valence-corrected chi connectivity index (χ2v) is 12.4. The van der Waals surface area contributed by atoms with Gasteiger partial charge >= 0.3 is 5.97 Å². The molecule has 1 heterocycles. The maximum absolute atomic E-state index is 14.0. The zero-order chi connectivity index (χ0) is 25.5. The fourth-order valence-corrected chi connectivity index (χ4v) is 5.55. The lowest BCUT2D eigenvalue weighted by Crippen LogP contribution is -2.58. The van der Waals surface area contributed by atoms with Crippen LogP contribution < -0.4 is 0 Å². The minimum atomic E-state index is -1.39. The predicted octanol–water partition coefficient (Wildman–Crippen LogP) is 7.30. The molecule has 3 atom stereocenters. The van der Waals surface area contributed by atoms with E-state index >= 15 is 0 Å². The van der Waals surface area contributed by atoms with Crippen LogP contribution in [0.3, 0.4) is 0 Å². The fourth-order valence-electron chi connectivity index (χ4n) is 4.54. The first-order chi connectivity index (χ1) is 16.3. The molecule has 0 radical (unpaired) electrons. The molecule has 1 amide bonds. The Hall–Kier alpha value is -1.60. The highest BCUT2D eigenvalue weighted by Crippen LogP contribution is 2.48. The Morgan fingerprint density at radius 3 is 2.34 bits per heavy atom. The fraction of sp³-hybridized carbons (Fsp3) is 0.481. The van der Waals surface area contributed by atoms with Crippen molar-refractivity contribution in [3.8, 4) is 0 Å². The van der Waals surface area contributed by atoms with Gasteiger partial charge in [0.1, 0.15) is 11.7 Å². The molecule has 0 bridgehead atoms. The van der Waals surface area contributed by atoms with E-state index in [1.165, 1.54) is 0 Å². The summed E-state index contributed by atoms with van der Waals surface area (Å²) in [6, 6.07) is 12.7. The SMILES string of the molecule is CC(C)(C)OC(=O)C[C@]1(C)O[C@H](c2cc(Cl)cc(Br)c2)[C@@H](c2ccc(Cl)cc2)N(CC2CC2)C1=O. The van der Waals surface area contributed by atoms with Gasteiger partial charge in [0, 0.05) is 21.1 Å². The highest BCUT2D eigenvalue weighted by Gasteiger charge is 2.53. The molecule has 0 unspecified atom stereocenters.